The zero-order chi connectivity index (χ0) is 11.4. The lowest BCUT2D eigenvalue weighted by Gasteiger charge is -2.17. The molecule has 0 saturated heterocycles. The fourth-order valence-corrected chi connectivity index (χ4v) is 1.94. The van der Waals surface area contributed by atoms with Crippen molar-refractivity contribution in [2.45, 2.75) is 44.8 Å². The van der Waals surface area contributed by atoms with Crippen molar-refractivity contribution < 1.29 is 9.23 Å². The molecule has 1 aliphatic carbocycles. The first-order chi connectivity index (χ1) is 7.75. The van der Waals surface area contributed by atoms with Gasteiger partial charge in [-0.05, 0) is 31.4 Å². The summed E-state index contributed by atoms with van der Waals surface area (Å²) in [5, 5.41) is 0. The van der Waals surface area contributed by atoms with E-state index < -0.39 is 0 Å². The maximum atomic E-state index is 12.9. The summed E-state index contributed by atoms with van der Waals surface area (Å²) in [6.45, 7) is 1.94. The monoisotopic (exact) mass is 224 g/mol. The minimum absolute atomic E-state index is 0.0381. The molecule has 0 aliphatic heterocycles. The van der Waals surface area contributed by atoms with Crippen LogP contribution in [0.15, 0.2) is 18.5 Å². The van der Waals surface area contributed by atoms with Gasteiger partial charge in [0.1, 0.15) is 5.82 Å². The third-order valence-electron chi connectivity index (χ3n) is 2.94. The van der Waals surface area contributed by atoms with E-state index in [-0.39, 0.29) is 11.9 Å². The third-order valence-corrected chi connectivity index (χ3v) is 2.94. The number of nitrogens with one attached hydrogen (secondary N) is 1. The molecule has 0 spiro atoms. The van der Waals surface area contributed by atoms with Gasteiger partial charge in [-0.2, -0.15) is 5.48 Å². The highest BCUT2D eigenvalue weighted by Gasteiger charge is 2.17. The molecule has 0 bridgehead atoms. The molecular formula is C12H17FN2O. The van der Waals surface area contributed by atoms with Gasteiger partial charge >= 0.3 is 0 Å². The minimum atomic E-state index is -0.313. The summed E-state index contributed by atoms with van der Waals surface area (Å²) >= 11 is 0. The number of hydroxylamine groups is 1. The lowest BCUT2D eigenvalue weighted by molar-refractivity contribution is -0.0377. The zero-order valence-corrected chi connectivity index (χ0v) is 9.45. The Hall–Kier alpha value is -1.00. The molecule has 1 aliphatic rings. The summed E-state index contributed by atoms with van der Waals surface area (Å²) in [6, 6.07) is 1.44. The van der Waals surface area contributed by atoms with Crippen molar-refractivity contribution >= 4 is 0 Å². The number of rotatable bonds is 4. The van der Waals surface area contributed by atoms with Gasteiger partial charge in [-0.25, -0.2) is 4.39 Å². The highest BCUT2D eigenvalue weighted by atomic mass is 19.1. The smallest absolute Gasteiger partial charge is 0.141 e. The lowest BCUT2D eigenvalue weighted by Crippen LogP contribution is -2.24. The molecule has 2 rings (SSSR count). The highest BCUT2D eigenvalue weighted by Crippen LogP contribution is 2.21. The maximum Gasteiger partial charge on any atom is 0.141 e. The van der Waals surface area contributed by atoms with Crippen LogP contribution in [0.4, 0.5) is 4.39 Å². The lowest BCUT2D eigenvalue weighted by atomic mass is 10.1. The fraction of sp³-hybridized carbons (Fsp3) is 0.583. The standard InChI is InChI=1S/C12H17FN2O/c1-9(10-6-11(13)8-14-7-10)15-16-12-4-2-3-5-12/h6-9,12,15H,2-5H2,1H3. The topological polar surface area (TPSA) is 34.1 Å². The second-order valence-corrected chi connectivity index (χ2v) is 4.30. The Morgan fingerprint density at radius 2 is 2.19 bits per heavy atom. The second-order valence-electron chi connectivity index (χ2n) is 4.30. The van der Waals surface area contributed by atoms with Crippen LogP contribution in [0.5, 0.6) is 0 Å². The predicted molar refractivity (Wildman–Crippen MR) is 59.1 cm³/mol. The van der Waals surface area contributed by atoms with Gasteiger partial charge in [0.05, 0.1) is 18.3 Å². The van der Waals surface area contributed by atoms with Crippen LogP contribution in [0.3, 0.4) is 0 Å². The first kappa shape index (κ1) is 11.5. The molecule has 1 saturated carbocycles. The predicted octanol–water partition coefficient (Wildman–Crippen LogP) is 2.75. The average molecular weight is 224 g/mol. The van der Waals surface area contributed by atoms with Crippen LogP contribution >= 0.6 is 0 Å². The Morgan fingerprint density at radius 1 is 1.44 bits per heavy atom. The summed E-state index contributed by atoms with van der Waals surface area (Å²) in [5.41, 5.74) is 3.77. The molecule has 0 radical (unpaired) electrons. The second kappa shape index (κ2) is 5.37. The summed E-state index contributed by atoms with van der Waals surface area (Å²) in [7, 11) is 0. The number of halogens is 1. The molecule has 4 heteroatoms. The summed E-state index contributed by atoms with van der Waals surface area (Å²) in [5.74, 6) is -0.313. The largest absolute Gasteiger partial charge is 0.298 e. The number of nitrogens with zero attached hydrogens (tertiary/aromatic N) is 1. The fourth-order valence-electron chi connectivity index (χ4n) is 1.94. The van der Waals surface area contributed by atoms with Gasteiger partial charge in [-0.1, -0.05) is 12.8 Å². The molecule has 1 atom stereocenters. The third kappa shape index (κ3) is 3.00. The molecule has 88 valence electrons. The highest BCUT2D eigenvalue weighted by molar-refractivity contribution is 5.13. The van der Waals surface area contributed by atoms with Gasteiger partial charge in [0, 0.05) is 6.20 Å². The van der Waals surface area contributed by atoms with Crippen LogP contribution in [-0.4, -0.2) is 11.1 Å². The van der Waals surface area contributed by atoms with E-state index in [0.29, 0.717) is 6.10 Å². The van der Waals surface area contributed by atoms with Crippen LogP contribution in [0.2, 0.25) is 0 Å². The van der Waals surface area contributed by atoms with Gasteiger partial charge in [0.25, 0.3) is 0 Å². The molecular weight excluding hydrogens is 207 g/mol. The molecule has 16 heavy (non-hydrogen) atoms. The van der Waals surface area contributed by atoms with Crippen LogP contribution < -0.4 is 5.48 Å². The molecule has 3 nitrogen and oxygen atoms in total. The summed E-state index contributed by atoms with van der Waals surface area (Å²) in [4.78, 5) is 9.37. The molecule has 1 fully saturated rings. The van der Waals surface area contributed by atoms with E-state index in [4.69, 9.17) is 4.84 Å². The molecule has 1 unspecified atom stereocenters. The quantitative estimate of drug-likeness (QED) is 0.798. The first-order valence-electron chi connectivity index (χ1n) is 5.77. The van der Waals surface area contributed by atoms with Crippen molar-refractivity contribution in [3.05, 3.63) is 29.8 Å². The Bertz CT molecular complexity index is 340. The Morgan fingerprint density at radius 3 is 2.88 bits per heavy atom. The summed E-state index contributed by atoms with van der Waals surface area (Å²) in [6.07, 6.45) is 7.86. The van der Waals surface area contributed by atoms with Crippen LogP contribution in [0.25, 0.3) is 0 Å². The van der Waals surface area contributed by atoms with E-state index >= 15 is 0 Å². The number of hydrogen-bond donors (Lipinski definition) is 1. The molecule has 1 N–H and O–H groups in total. The van der Waals surface area contributed by atoms with E-state index in [1.165, 1.54) is 25.1 Å². The van der Waals surface area contributed by atoms with Crippen LogP contribution in [0, 0.1) is 5.82 Å². The number of hydrogen-bond acceptors (Lipinski definition) is 3. The zero-order valence-electron chi connectivity index (χ0n) is 9.45. The van der Waals surface area contributed by atoms with Crippen molar-refractivity contribution in [3.63, 3.8) is 0 Å². The van der Waals surface area contributed by atoms with E-state index in [1.807, 2.05) is 6.92 Å². The molecule has 1 aromatic heterocycles. The van der Waals surface area contributed by atoms with Crippen LogP contribution in [-0.2, 0) is 4.84 Å². The van der Waals surface area contributed by atoms with Crippen LogP contribution in [0.1, 0.15) is 44.2 Å². The summed E-state index contributed by atoms with van der Waals surface area (Å²) < 4.78 is 12.9. The van der Waals surface area contributed by atoms with Crippen molar-refractivity contribution in [2.75, 3.05) is 0 Å². The van der Waals surface area contributed by atoms with E-state index in [9.17, 15) is 4.39 Å². The van der Waals surface area contributed by atoms with Crippen molar-refractivity contribution in [1.29, 1.82) is 0 Å². The van der Waals surface area contributed by atoms with Crippen molar-refractivity contribution in [2.24, 2.45) is 0 Å². The average Bonchev–Trinajstić information content (AvgIpc) is 2.78. The van der Waals surface area contributed by atoms with Gasteiger partial charge in [0.2, 0.25) is 0 Å². The molecule has 0 aromatic carbocycles. The molecule has 1 aromatic rings. The molecule has 0 amide bonds. The minimum Gasteiger partial charge on any atom is -0.298 e. The van der Waals surface area contributed by atoms with E-state index in [1.54, 1.807) is 6.20 Å². The Labute approximate surface area is 95.0 Å². The Balaban J connectivity index is 1.85. The van der Waals surface area contributed by atoms with Crippen molar-refractivity contribution in [1.82, 2.24) is 10.5 Å². The van der Waals surface area contributed by atoms with E-state index in [0.717, 1.165) is 18.4 Å². The Kier molecular flexibility index (Phi) is 3.85. The normalized spacial score (nSPS) is 18.9. The number of pyridine rings is 1. The SMILES string of the molecule is CC(NOC1CCCC1)c1cncc(F)c1. The van der Waals surface area contributed by atoms with E-state index in [2.05, 4.69) is 10.5 Å². The molecule has 1 heterocycles. The van der Waals surface area contributed by atoms with Crippen molar-refractivity contribution in [3.8, 4) is 0 Å². The number of aromatic nitrogens is 1. The van der Waals surface area contributed by atoms with Gasteiger partial charge in [0.15, 0.2) is 0 Å². The maximum absolute atomic E-state index is 12.9. The van der Waals surface area contributed by atoms with Gasteiger partial charge in [-0.15, -0.1) is 0 Å². The van der Waals surface area contributed by atoms with Gasteiger partial charge in [-0.3, -0.25) is 9.82 Å². The first-order valence-corrected chi connectivity index (χ1v) is 5.77. The van der Waals surface area contributed by atoms with Gasteiger partial charge < -0.3 is 0 Å².